The maximum atomic E-state index is 15.0. The zero-order valence-corrected chi connectivity index (χ0v) is 27.4. The van der Waals surface area contributed by atoms with Crippen molar-refractivity contribution < 1.29 is 27.4 Å². The van der Waals surface area contributed by atoms with Gasteiger partial charge in [0.2, 0.25) is 0 Å². The van der Waals surface area contributed by atoms with Crippen LogP contribution in [0.15, 0.2) is 91.6 Å². The minimum atomic E-state index is -1.03. The third kappa shape index (κ3) is 7.27. The molecule has 1 N–H and O–H groups in total. The minimum Gasteiger partial charge on any atom is -0.493 e. The van der Waals surface area contributed by atoms with Crippen LogP contribution in [0, 0.1) is 30.3 Å². The van der Waals surface area contributed by atoms with E-state index in [4.69, 9.17) is 9.47 Å². The Morgan fingerprint density at radius 2 is 1.68 bits per heavy atom. The van der Waals surface area contributed by atoms with Crippen molar-refractivity contribution in [2.45, 2.75) is 25.5 Å². The number of aryl methyl sites for hydroxylation is 1. The van der Waals surface area contributed by atoms with E-state index in [0.717, 1.165) is 61.1 Å². The van der Waals surface area contributed by atoms with E-state index in [1.54, 1.807) is 23.1 Å². The Labute approximate surface area is 287 Å². The molecule has 0 unspecified atom stereocenters. The predicted octanol–water partition coefficient (Wildman–Crippen LogP) is 5.99. The first-order valence-corrected chi connectivity index (χ1v) is 16.4. The van der Waals surface area contributed by atoms with E-state index in [2.05, 4.69) is 42.3 Å². The van der Waals surface area contributed by atoms with Crippen molar-refractivity contribution in [1.82, 2.24) is 19.7 Å². The summed E-state index contributed by atoms with van der Waals surface area (Å²) in [6, 6.07) is 19.8. The Bertz CT molecular complexity index is 1940. The van der Waals surface area contributed by atoms with Gasteiger partial charge in [-0.1, -0.05) is 6.07 Å². The summed E-state index contributed by atoms with van der Waals surface area (Å²) in [5.74, 6) is -1.03. The molecule has 0 radical (unpaired) electrons. The molecule has 2 fully saturated rings. The van der Waals surface area contributed by atoms with E-state index in [1.165, 1.54) is 30.6 Å². The normalized spacial score (nSPS) is 19.1. The van der Waals surface area contributed by atoms with Crippen LogP contribution >= 0.6 is 0 Å². The molecule has 1 amide bonds. The second-order valence-electron chi connectivity index (χ2n) is 12.7. The molecule has 2 saturated heterocycles. The molecule has 13 heteroatoms. The fraction of sp³-hybridized carbons (Fsp3) is 0.297. The average molecular weight is 684 g/mol. The summed E-state index contributed by atoms with van der Waals surface area (Å²) in [5.41, 5.74) is 2.90. The van der Waals surface area contributed by atoms with E-state index < -0.39 is 23.1 Å². The number of anilines is 3. The number of carbonyl (C=O) groups excluding carboxylic acids is 1. The number of nitrogens with zero attached hydrogens (tertiary/aromatic N) is 6. The van der Waals surface area contributed by atoms with Gasteiger partial charge in [0.25, 0.3) is 5.91 Å². The van der Waals surface area contributed by atoms with Crippen LogP contribution in [0.25, 0.3) is 0 Å². The van der Waals surface area contributed by atoms with Crippen LogP contribution in [0.3, 0.4) is 0 Å². The summed E-state index contributed by atoms with van der Waals surface area (Å²) in [7, 11) is 0. The number of aromatic nitrogens is 4. The highest BCUT2D eigenvalue weighted by atomic mass is 19.1. The van der Waals surface area contributed by atoms with Crippen molar-refractivity contribution in [3.63, 3.8) is 0 Å². The standard InChI is InChI=1S/C37H36F3N7O3/c1-25-16-31(46-14-12-45(13-15-46)30-6-2-27(3-7-30)36(48)44-35-11-5-29(39)19-42-35)8-10-34(25)49-20-26-18-37(50-21-26,22-47-24-41-23-43-47)32-9-4-28(38)17-33(32)40/h2-11,16-17,19,23-24,26H,12-15,18,20-22H2,1H3,(H,42,44,48)/t26-,37+/m1/s1. The summed E-state index contributed by atoms with van der Waals surface area (Å²) >= 11 is 0. The second-order valence-corrected chi connectivity index (χ2v) is 12.7. The molecule has 5 aromatic rings. The minimum absolute atomic E-state index is 0.0228. The number of nitrogens with one attached hydrogen (secondary N) is 1. The van der Waals surface area contributed by atoms with Gasteiger partial charge in [0.1, 0.15) is 47.3 Å². The molecule has 10 nitrogen and oxygen atoms in total. The van der Waals surface area contributed by atoms with E-state index in [1.807, 2.05) is 25.1 Å². The average Bonchev–Trinajstić information content (AvgIpc) is 3.79. The predicted molar refractivity (Wildman–Crippen MR) is 182 cm³/mol. The van der Waals surface area contributed by atoms with Gasteiger partial charge in [-0.25, -0.2) is 27.8 Å². The number of hydrogen-bond donors (Lipinski definition) is 1. The van der Waals surface area contributed by atoms with Crippen molar-refractivity contribution in [2.24, 2.45) is 5.92 Å². The molecule has 0 saturated carbocycles. The molecular formula is C37H36F3N7O3. The van der Waals surface area contributed by atoms with Gasteiger partial charge < -0.3 is 24.6 Å². The smallest absolute Gasteiger partial charge is 0.256 e. The second kappa shape index (κ2) is 14.2. The first-order valence-electron chi connectivity index (χ1n) is 16.4. The lowest BCUT2D eigenvalue weighted by Gasteiger charge is -2.37. The third-order valence-electron chi connectivity index (χ3n) is 9.26. The monoisotopic (exact) mass is 683 g/mol. The lowest BCUT2D eigenvalue weighted by Crippen LogP contribution is -2.46. The maximum absolute atomic E-state index is 15.0. The molecule has 3 aromatic carbocycles. The number of hydrogen-bond acceptors (Lipinski definition) is 8. The van der Waals surface area contributed by atoms with Crippen molar-refractivity contribution >= 4 is 23.1 Å². The van der Waals surface area contributed by atoms with Crippen molar-refractivity contribution in [3.8, 4) is 5.75 Å². The molecule has 0 aliphatic carbocycles. The highest BCUT2D eigenvalue weighted by Crippen LogP contribution is 2.42. The Kier molecular flexibility index (Phi) is 9.40. The van der Waals surface area contributed by atoms with Crippen LogP contribution in [-0.4, -0.2) is 65.0 Å². The van der Waals surface area contributed by atoms with Crippen molar-refractivity contribution in [1.29, 1.82) is 0 Å². The first kappa shape index (κ1) is 33.1. The zero-order valence-electron chi connectivity index (χ0n) is 27.4. The van der Waals surface area contributed by atoms with Gasteiger partial charge in [-0.15, -0.1) is 0 Å². The SMILES string of the molecule is Cc1cc(N2CCN(c3ccc(C(=O)Nc4ccc(F)cn4)cc3)CC2)ccc1OC[C@@H]1CO[C@@](Cn2cncn2)(c2ccc(F)cc2F)C1. The molecular weight excluding hydrogens is 647 g/mol. The number of rotatable bonds is 10. The molecule has 2 aliphatic heterocycles. The Balaban J connectivity index is 0.927. The number of halogens is 3. The van der Waals surface area contributed by atoms with E-state index in [9.17, 15) is 18.0 Å². The Hall–Kier alpha value is -5.43. The third-order valence-corrected chi connectivity index (χ3v) is 9.26. The van der Waals surface area contributed by atoms with Crippen LogP contribution in [0.1, 0.15) is 27.9 Å². The fourth-order valence-corrected chi connectivity index (χ4v) is 6.67. The Morgan fingerprint density at radius 1 is 0.940 bits per heavy atom. The summed E-state index contributed by atoms with van der Waals surface area (Å²) < 4.78 is 56.0. The summed E-state index contributed by atoms with van der Waals surface area (Å²) in [6.07, 6.45) is 4.50. The van der Waals surface area contributed by atoms with E-state index in [-0.39, 0.29) is 24.2 Å². The van der Waals surface area contributed by atoms with Crippen LogP contribution in [0.2, 0.25) is 0 Å². The number of ether oxygens (including phenoxy) is 2. The van der Waals surface area contributed by atoms with Gasteiger partial charge in [0, 0.05) is 60.7 Å². The van der Waals surface area contributed by atoms with Crippen LogP contribution in [0.4, 0.5) is 30.4 Å². The van der Waals surface area contributed by atoms with Gasteiger partial charge in [-0.2, -0.15) is 5.10 Å². The van der Waals surface area contributed by atoms with Gasteiger partial charge in [0.05, 0.1) is 26.0 Å². The van der Waals surface area contributed by atoms with Crippen LogP contribution in [0.5, 0.6) is 5.75 Å². The number of carbonyl (C=O) groups is 1. The van der Waals surface area contributed by atoms with Crippen LogP contribution < -0.4 is 19.9 Å². The lowest BCUT2D eigenvalue weighted by molar-refractivity contribution is -0.0206. The number of piperazine rings is 1. The molecule has 0 spiro atoms. The Morgan fingerprint density at radius 3 is 2.36 bits per heavy atom. The summed E-state index contributed by atoms with van der Waals surface area (Å²) in [6.45, 7) is 6.28. The van der Waals surface area contributed by atoms with E-state index in [0.29, 0.717) is 30.8 Å². The van der Waals surface area contributed by atoms with Gasteiger partial charge >= 0.3 is 0 Å². The zero-order chi connectivity index (χ0) is 34.7. The fourth-order valence-electron chi connectivity index (χ4n) is 6.67. The summed E-state index contributed by atoms with van der Waals surface area (Å²) in [5, 5.41) is 6.86. The van der Waals surface area contributed by atoms with Crippen molar-refractivity contribution in [3.05, 3.63) is 126 Å². The largest absolute Gasteiger partial charge is 0.493 e. The maximum Gasteiger partial charge on any atom is 0.256 e. The van der Waals surface area contributed by atoms with Gasteiger partial charge in [0.15, 0.2) is 0 Å². The van der Waals surface area contributed by atoms with Gasteiger partial charge in [-0.3, -0.25) is 4.79 Å². The van der Waals surface area contributed by atoms with Crippen molar-refractivity contribution in [2.75, 3.05) is 54.5 Å². The van der Waals surface area contributed by atoms with Crippen LogP contribution in [-0.2, 0) is 16.9 Å². The molecule has 50 heavy (non-hydrogen) atoms. The first-order chi connectivity index (χ1) is 24.2. The quantitative estimate of drug-likeness (QED) is 0.192. The number of pyridine rings is 1. The highest BCUT2D eigenvalue weighted by Gasteiger charge is 2.44. The molecule has 2 aliphatic rings. The topological polar surface area (TPSA) is 97.6 Å². The molecule has 7 rings (SSSR count). The van der Waals surface area contributed by atoms with Gasteiger partial charge in [-0.05, 0) is 79.6 Å². The van der Waals surface area contributed by atoms with E-state index >= 15 is 0 Å². The number of benzene rings is 3. The molecule has 4 heterocycles. The highest BCUT2D eigenvalue weighted by molar-refractivity contribution is 6.03. The molecule has 2 atom stereocenters. The number of amides is 1. The molecule has 0 bridgehead atoms. The molecule has 2 aromatic heterocycles. The molecule has 258 valence electrons. The lowest BCUT2D eigenvalue weighted by atomic mass is 9.87. The summed E-state index contributed by atoms with van der Waals surface area (Å²) in [4.78, 5) is 25.1.